The van der Waals surface area contributed by atoms with Crippen molar-refractivity contribution < 1.29 is 14.0 Å². The molecule has 1 aliphatic rings. The molecule has 154 valence electrons. The summed E-state index contributed by atoms with van der Waals surface area (Å²) in [6.07, 6.45) is 2.31. The molecule has 30 heavy (non-hydrogen) atoms. The molecule has 1 saturated heterocycles. The number of nitrogens with zero attached hydrogens (tertiary/aromatic N) is 3. The van der Waals surface area contributed by atoms with Gasteiger partial charge >= 0.3 is 0 Å². The van der Waals surface area contributed by atoms with E-state index in [2.05, 4.69) is 6.07 Å². The summed E-state index contributed by atoms with van der Waals surface area (Å²) in [6, 6.07) is 13.4. The van der Waals surface area contributed by atoms with Crippen LogP contribution in [-0.4, -0.2) is 41.2 Å². The second-order valence-corrected chi connectivity index (χ2v) is 7.59. The summed E-state index contributed by atoms with van der Waals surface area (Å²) in [7, 11) is 3.20. The van der Waals surface area contributed by atoms with Crippen LogP contribution < -0.4 is 0 Å². The van der Waals surface area contributed by atoms with Crippen molar-refractivity contribution in [1.82, 2.24) is 9.80 Å². The quantitative estimate of drug-likeness (QED) is 0.729. The number of rotatable bonds is 4. The van der Waals surface area contributed by atoms with Crippen LogP contribution in [0, 0.1) is 24.1 Å². The fourth-order valence-electron chi connectivity index (χ4n) is 3.99. The number of carbonyl (C=O) groups excluding carboxylic acids is 2. The molecule has 1 unspecified atom stereocenters. The zero-order valence-electron chi connectivity index (χ0n) is 17.6. The van der Waals surface area contributed by atoms with Gasteiger partial charge in [-0.05, 0) is 54.3 Å². The van der Waals surface area contributed by atoms with Crippen LogP contribution in [0.25, 0.3) is 6.08 Å². The van der Waals surface area contributed by atoms with E-state index in [0.717, 1.165) is 11.1 Å². The predicted molar refractivity (Wildman–Crippen MR) is 113 cm³/mol. The molecule has 0 spiro atoms. The molecule has 0 radical (unpaired) electrons. The minimum atomic E-state index is -1.06. The molecule has 2 aromatic carbocycles. The summed E-state index contributed by atoms with van der Waals surface area (Å²) in [5.41, 5.74) is 1.84. The molecule has 0 N–H and O–H groups in total. The SMILES string of the molecule is CCC1(Cc2ccc(F)cc2)C(=O)N(C)/C(=C/c2c(C)cccc2C#N)C(=O)N1C. The molecule has 1 aliphatic heterocycles. The number of benzene rings is 2. The Hall–Kier alpha value is -3.46. The van der Waals surface area contributed by atoms with Crippen LogP contribution in [0.5, 0.6) is 0 Å². The van der Waals surface area contributed by atoms with Crippen LogP contribution in [0.15, 0.2) is 48.2 Å². The first-order chi connectivity index (χ1) is 14.2. The number of halogens is 1. The summed E-state index contributed by atoms with van der Waals surface area (Å²) >= 11 is 0. The van der Waals surface area contributed by atoms with Gasteiger partial charge in [0.15, 0.2) is 0 Å². The van der Waals surface area contributed by atoms with Crippen LogP contribution in [0.1, 0.15) is 35.6 Å². The molecule has 3 rings (SSSR count). The Bertz CT molecular complexity index is 1070. The highest BCUT2D eigenvalue weighted by Gasteiger charge is 2.50. The lowest BCUT2D eigenvalue weighted by atomic mass is 9.82. The summed E-state index contributed by atoms with van der Waals surface area (Å²) in [5.74, 6) is -0.861. The van der Waals surface area contributed by atoms with E-state index in [0.29, 0.717) is 17.5 Å². The summed E-state index contributed by atoms with van der Waals surface area (Å²) in [5, 5.41) is 9.43. The van der Waals surface area contributed by atoms with Gasteiger partial charge in [0.05, 0.1) is 11.6 Å². The van der Waals surface area contributed by atoms with Gasteiger partial charge in [-0.3, -0.25) is 9.59 Å². The van der Waals surface area contributed by atoms with E-state index in [1.807, 2.05) is 19.9 Å². The van der Waals surface area contributed by atoms with E-state index in [-0.39, 0.29) is 29.7 Å². The normalized spacial score (nSPS) is 20.6. The second-order valence-electron chi connectivity index (χ2n) is 7.59. The molecule has 1 atom stereocenters. The van der Waals surface area contributed by atoms with Crippen molar-refractivity contribution in [1.29, 1.82) is 5.26 Å². The van der Waals surface area contributed by atoms with Crippen molar-refractivity contribution in [3.05, 3.63) is 76.2 Å². The maximum Gasteiger partial charge on any atom is 0.271 e. The molecule has 0 saturated carbocycles. The molecule has 2 amide bonds. The third-order valence-corrected chi connectivity index (χ3v) is 5.95. The fourth-order valence-corrected chi connectivity index (χ4v) is 3.99. The highest BCUT2D eigenvalue weighted by molar-refractivity contribution is 6.09. The third-order valence-electron chi connectivity index (χ3n) is 5.95. The van der Waals surface area contributed by atoms with E-state index in [1.54, 1.807) is 44.4 Å². The standard InChI is InChI=1S/C24H24FN3O2/c1-5-24(14-17-9-11-19(25)12-10-17)23(30)27(3)21(22(29)28(24)4)13-20-16(2)7-6-8-18(20)15-26/h6-13H,5,14H2,1-4H3/b21-13+. The van der Waals surface area contributed by atoms with Crippen molar-refractivity contribution in [2.75, 3.05) is 14.1 Å². The zero-order valence-corrected chi connectivity index (χ0v) is 17.6. The Morgan fingerprint density at radius 2 is 1.80 bits per heavy atom. The number of piperazine rings is 1. The Kier molecular flexibility index (Phi) is 5.75. The third kappa shape index (κ3) is 3.48. The van der Waals surface area contributed by atoms with Crippen LogP contribution in [0.4, 0.5) is 4.39 Å². The number of carbonyl (C=O) groups is 2. The van der Waals surface area contributed by atoms with Gasteiger partial charge in [0.2, 0.25) is 0 Å². The maximum atomic E-state index is 13.5. The minimum Gasteiger partial charge on any atom is -0.325 e. The molecule has 0 aliphatic carbocycles. The highest BCUT2D eigenvalue weighted by Crippen LogP contribution is 2.34. The Morgan fingerprint density at radius 3 is 2.40 bits per heavy atom. The van der Waals surface area contributed by atoms with E-state index in [1.165, 1.54) is 21.9 Å². The van der Waals surface area contributed by atoms with Gasteiger partial charge < -0.3 is 9.80 Å². The molecular weight excluding hydrogens is 381 g/mol. The summed E-state index contributed by atoms with van der Waals surface area (Å²) in [6.45, 7) is 3.72. The number of hydrogen-bond donors (Lipinski definition) is 0. The van der Waals surface area contributed by atoms with Crippen molar-refractivity contribution in [3.63, 3.8) is 0 Å². The van der Waals surface area contributed by atoms with Gasteiger partial charge in [0.1, 0.15) is 17.1 Å². The number of nitriles is 1. The lowest BCUT2D eigenvalue weighted by molar-refractivity contribution is -0.157. The number of aryl methyl sites for hydroxylation is 1. The molecule has 1 heterocycles. The first-order valence-electron chi connectivity index (χ1n) is 9.77. The lowest BCUT2D eigenvalue weighted by Gasteiger charge is -2.47. The van der Waals surface area contributed by atoms with Gasteiger partial charge in [-0.1, -0.05) is 31.2 Å². The Balaban J connectivity index is 2.06. The Labute approximate surface area is 176 Å². The average molecular weight is 405 g/mol. The smallest absolute Gasteiger partial charge is 0.271 e. The van der Waals surface area contributed by atoms with Gasteiger partial charge in [-0.25, -0.2) is 4.39 Å². The summed E-state index contributed by atoms with van der Waals surface area (Å²) < 4.78 is 13.3. The van der Waals surface area contributed by atoms with E-state index in [4.69, 9.17) is 0 Å². The molecular formula is C24H24FN3O2. The highest BCUT2D eigenvalue weighted by atomic mass is 19.1. The van der Waals surface area contributed by atoms with Crippen molar-refractivity contribution in [2.45, 2.75) is 32.2 Å². The van der Waals surface area contributed by atoms with Crippen molar-refractivity contribution in [3.8, 4) is 6.07 Å². The van der Waals surface area contributed by atoms with Crippen LogP contribution in [0.3, 0.4) is 0 Å². The predicted octanol–water partition coefficient (Wildman–Crippen LogP) is 3.67. The largest absolute Gasteiger partial charge is 0.325 e. The van der Waals surface area contributed by atoms with Crippen LogP contribution in [-0.2, 0) is 16.0 Å². The molecule has 0 aromatic heterocycles. The van der Waals surface area contributed by atoms with Gasteiger partial charge in [-0.15, -0.1) is 0 Å². The maximum absolute atomic E-state index is 13.5. The minimum absolute atomic E-state index is 0.213. The fraction of sp³-hybridized carbons (Fsp3) is 0.292. The number of likely N-dealkylation sites (N-methyl/N-ethyl adjacent to an activating group) is 2. The lowest BCUT2D eigenvalue weighted by Crippen LogP contribution is -2.65. The van der Waals surface area contributed by atoms with Crippen LogP contribution in [0.2, 0.25) is 0 Å². The summed E-state index contributed by atoms with van der Waals surface area (Å²) in [4.78, 5) is 29.7. The zero-order chi connectivity index (χ0) is 22.1. The molecule has 0 bridgehead atoms. The molecule has 1 fully saturated rings. The first kappa shape index (κ1) is 21.3. The molecule has 6 heteroatoms. The first-order valence-corrected chi connectivity index (χ1v) is 9.77. The second kappa shape index (κ2) is 8.11. The Morgan fingerprint density at radius 1 is 1.13 bits per heavy atom. The van der Waals surface area contributed by atoms with Crippen molar-refractivity contribution >= 4 is 17.9 Å². The van der Waals surface area contributed by atoms with Crippen molar-refractivity contribution in [2.24, 2.45) is 0 Å². The number of amides is 2. The van der Waals surface area contributed by atoms with E-state index >= 15 is 0 Å². The molecule has 5 nitrogen and oxygen atoms in total. The van der Waals surface area contributed by atoms with Crippen LogP contribution >= 0.6 is 0 Å². The number of hydrogen-bond acceptors (Lipinski definition) is 3. The van der Waals surface area contributed by atoms with Gasteiger partial charge in [0, 0.05) is 20.5 Å². The molecule has 2 aromatic rings. The van der Waals surface area contributed by atoms with E-state index in [9.17, 15) is 19.2 Å². The van der Waals surface area contributed by atoms with Gasteiger partial charge in [0.25, 0.3) is 11.8 Å². The van der Waals surface area contributed by atoms with Gasteiger partial charge in [-0.2, -0.15) is 5.26 Å². The monoisotopic (exact) mass is 405 g/mol. The topological polar surface area (TPSA) is 64.4 Å². The average Bonchev–Trinajstić information content (AvgIpc) is 2.75. The van der Waals surface area contributed by atoms with E-state index < -0.39 is 5.54 Å².